The van der Waals surface area contributed by atoms with E-state index in [4.69, 9.17) is 0 Å². The second kappa shape index (κ2) is 8.18. The van der Waals surface area contributed by atoms with Crippen molar-refractivity contribution in [2.75, 3.05) is 26.2 Å². The molecule has 0 N–H and O–H groups in total. The summed E-state index contributed by atoms with van der Waals surface area (Å²) in [5.74, 6) is -0.172. The van der Waals surface area contributed by atoms with Crippen molar-refractivity contribution in [3.05, 3.63) is 24.3 Å². The average Bonchev–Trinajstić information content (AvgIpc) is 2.79. The van der Waals surface area contributed by atoms with E-state index in [9.17, 15) is 26.4 Å². The Hall–Kier alpha value is -1.26. The minimum atomic E-state index is -4.42. The van der Waals surface area contributed by atoms with Crippen LogP contribution in [0.4, 0.5) is 13.2 Å². The molecule has 0 radical (unpaired) electrons. The van der Waals surface area contributed by atoms with Crippen LogP contribution in [0.25, 0.3) is 0 Å². The van der Waals surface area contributed by atoms with E-state index in [1.54, 1.807) is 18.7 Å². The van der Waals surface area contributed by atoms with Gasteiger partial charge in [0.05, 0.1) is 4.90 Å². The van der Waals surface area contributed by atoms with Crippen LogP contribution in [0, 0.1) is 5.92 Å². The summed E-state index contributed by atoms with van der Waals surface area (Å²) in [5, 5.41) is 0. The highest BCUT2D eigenvalue weighted by Crippen LogP contribution is 2.37. The fourth-order valence-corrected chi connectivity index (χ4v) is 4.69. The van der Waals surface area contributed by atoms with E-state index in [-0.39, 0.29) is 46.5 Å². The zero-order valence-electron chi connectivity index (χ0n) is 14.5. The number of hydrogen-bond donors (Lipinski definition) is 0. The van der Waals surface area contributed by atoms with Crippen molar-refractivity contribution in [2.24, 2.45) is 5.92 Å². The van der Waals surface area contributed by atoms with Crippen molar-refractivity contribution < 1.29 is 26.4 Å². The Bertz CT molecular complexity index is 734. The zero-order valence-corrected chi connectivity index (χ0v) is 16.1. The van der Waals surface area contributed by atoms with E-state index < -0.39 is 15.5 Å². The Kier molecular flexibility index (Phi) is 6.62. The molecule has 1 aliphatic heterocycles. The normalized spacial score (nSPS) is 17.4. The maximum atomic E-state index is 12.7. The first-order valence-corrected chi connectivity index (χ1v) is 10.4. The number of amides is 1. The van der Waals surface area contributed by atoms with Gasteiger partial charge in [-0.25, -0.2) is 8.42 Å². The molecule has 1 amide bonds. The molecule has 1 fully saturated rings. The first-order valence-electron chi connectivity index (χ1n) is 8.15. The standard InChI is InChI=1S/C16H21F3N2O3S2/c1-12(2)15(22)20-8-3-9-21(11-10-20)26(23,24)14-6-4-13(5-7-14)25-16(17,18)19/h4-7,12H,3,8-11H2,1-2H3. The van der Waals surface area contributed by atoms with Crippen molar-refractivity contribution in [2.45, 2.75) is 35.6 Å². The van der Waals surface area contributed by atoms with Crippen LogP contribution in [0.2, 0.25) is 0 Å². The average molecular weight is 410 g/mol. The quantitative estimate of drug-likeness (QED) is 0.716. The second-order valence-electron chi connectivity index (χ2n) is 6.26. The van der Waals surface area contributed by atoms with Gasteiger partial charge in [0.25, 0.3) is 0 Å². The number of rotatable bonds is 4. The third-order valence-electron chi connectivity index (χ3n) is 3.96. The lowest BCUT2D eigenvalue weighted by Crippen LogP contribution is -2.38. The highest BCUT2D eigenvalue weighted by molar-refractivity contribution is 8.00. The first-order chi connectivity index (χ1) is 12.0. The fraction of sp³-hybridized carbons (Fsp3) is 0.562. The molecule has 5 nitrogen and oxygen atoms in total. The Labute approximate surface area is 155 Å². The molecule has 0 unspecified atom stereocenters. The van der Waals surface area contributed by atoms with Gasteiger partial charge in [-0.2, -0.15) is 17.5 Å². The lowest BCUT2D eigenvalue weighted by Gasteiger charge is -2.23. The Morgan fingerprint density at radius 1 is 1.08 bits per heavy atom. The molecule has 0 aliphatic carbocycles. The van der Waals surface area contributed by atoms with Crippen LogP contribution in [0.1, 0.15) is 20.3 Å². The SMILES string of the molecule is CC(C)C(=O)N1CCCN(S(=O)(=O)c2ccc(SC(F)(F)F)cc2)CC1. The molecule has 1 heterocycles. The number of carbonyl (C=O) groups excluding carboxylic acids is 1. The smallest absolute Gasteiger partial charge is 0.341 e. The van der Waals surface area contributed by atoms with Crippen molar-refractivity contribution in [1.82, 2.24) is 9.21 Å². The maximum Gasteiger partial charge on any atom is 0.446 e. The predicted octanol–water partition coefficient (Wildman–Crippen LogP) is 3.18. The fourth-order valence-electron chi connectivity index (χ4n) is 2.68. The predicted molar refractivity (Wildman–Crippen MR) is 93.1 cm³/mol. The second-order valence-corrected chi connectivity index (χ2v) is 9.33. The van der Waals surface area contributed by atoms with E-state index in [0.29, 0.717) is 19.5 Å². The van der Waals surface area contributed by atoms with Gasteiger partial charge < -0.3 is 4.90 Å². The van der Waals surface area contributed by atoms with Gasteiger partial charge in [-0.15, -0.1) is 0 Å². The molecule has 1 aliphatic rings. The molecular formula is C16H21F3N2O3S2. The summed E-state index contributed by atoms with van der Waals surface area (Å²) in [6.45, 7) is 4.82. The molecule has 0 aromatic heterocycles. The van der Waals surface area contributed by atoms with E-state index in [0.717, 1.165) is 12.1 Å². The summed E-state index contributed by atoms with van der Waals surface area (Å²) < 4.78 is 63.9. The summed E-state index contributed by atoms with van der Waals surface area (Å²) in [4.78, 5) is 13.6. The summed E-state index contributed by atoms with van der Waals surface area (Å²) in [6, 6.07) is 4.67. The Balaban J connectivity index is 2.11. The zero-order chi connectivity index (χ0) is 19.5. The van der Waals surface area contributed by atoms with Gasteiger partial charge in [-0.05, 0) is 42.4 Å². The number of hydrogen-bond acceptors (Lipinski definition) is 4. The maximum absolute atomic E-state index is 12.7. The van der Waals surface area contributed by atoms with E-state index in [1.807, 2.05) is 0 Å². The lowest BCUT2D eigenvalue weighted by molar-refractivity contribution is -0.134. The van der Waals surface area contributed by atoms with Crippen LogP contribution >= 0.6 is 11.8 Å². The number of halogens is 3. The van der Waals surface area contributed by atoms with Crippen molar-refractivity contribution in [1.29, 1.82) is 0 Å². The molecule has 26 heavy (non-hydrogen) atoms. The topological polar surface area (TPSA) is 57.7 Å². The molecule has 10 heteroatoms. The molecule has 146 valence electrons. The lowest BCUT2D eigenvalue weighted by atomic mass is 10.2. The highest BCUT2D eigenvalue weighted by Gasteiger charge is 2.31. The van der Waals surface area contributed by atoms with E-state index >= 15 is 0 Å². The van der Waals surface area contributed by atoms with Gasteiger partial charge in [0.1, 0.15) is 0 Å². The number of alkyl halides is 3. The van der Waals surface area contributed by atoms with Crippen LogP contribution in [0.3, 0.4) is 0 Å². The third kappa shape index (κ3) is 5.37. The van der Waals surface area contributed by atoms with Gasteiger partial charge in [-0.1, -0.05) is 13.8 Å². The Morgan fingerprint density at radius 3 is 2.23 bits per heavy atom. The molecule has 0 atom stereocenters. The number of carbonyl (C=O) groups is 1. The van der Waals surface area contributed by atoms with Crippen LogP contribution in [-0.2, 0) is 14.8 Å². The van der Waals surface area contributed by atoms with E-state index in [2.05, 4.69) is 0 Å². The van der Waals surface area contributed by atoms with Crippen LogP contribution < -0.4 is 0 Å². The first kappa shape index (κ1) is 21.0. The summed E-state index contributed by atoms with van der Waals surface area (Å²) in [6.07, 6.45) is 0.514. The van der Waals surface area contributed by atoms with Crippen molar-refractivity contribution in [3.63, 3.8) is 0 Å². The van der Waals surface area contributed by atoms with Gasteiger partial charge >= 0.3 is 5.51 Å². The van der Waals surface area contributed by atoms with Crippen molar-refractivity contribution in [3.8, 4) is 0 Å². The van der Waals surface area contributed by atoms with Gasteiger partial charge in [0.15, 0.2) is 0 Å². The third-order valence-corrected chi connectivity index (χ3v) is 6.61. The molecule has 0 saturated carbocycles. The number of thioether (sulfide) groups is 1. The molecule has 0 bridgehead atoms. The Morgan fingerprint density at radius 2 is 1.69 bits per heavy atom. The van der Waals surface area contributed by atoms with Crippen molar-refractivity contribution >= 4 is 27.7 Å². The highest BCUT2D eigenvalue weighted by atomic mass is 32.2. The number of nitrogens with zero attached hydrogens (tertiary/aromatic N) is 2. The minimum Gasteiger partial charge on any atom is -0.341 e. The van der Waals surface area contributed by atoms with E-state index in [1.165, 1.54) is 16.4 Å². The molecular weight excluding hydrogens is 389 g/mol. The van der Waals surface area contributed by atoms with Gasteiger partial charge in [0, 0.05) is 37.0 Å². The summed E-state index contributed by atoms with van der Waals surface area (Å²) in [5.41, 5.74) is -4.42. The monoisotopic (exact) mass is 410 g/mol. The minimum absolute atomic E-state index is 0.0159. The largest absolute Gasteiger partial charge is 0.446 e. The van der Waals surface area contributed by atoms with Crippen LogP contribution in [0.15, 0.2) is 34.1 Å². The van der Waals surface area contributed by atoms with Gasteiger partial charge in [-0.3, -0.25) is 4.79 Å². The van der Waals surface area contributed by atoms with Crippen LogP contribution in [-0.4, -0.2) is 55.2 Å². The molecule has 1 aromatic carbocycles. The van der Waals surface area contributed by atoms with Gasteiger partial charge in [0.2, 0.25) is 15.9 Å². The van der Waals surface area contributed by atoms with Crippen LogP contribution in [0.5, 0.6) is 0 Å². The molecule has 2 rings (SSSR count). The number of sulfonamides is 1. The molecule has 0 spiro atoms. The number of benzene rings is 1. The summed E-state index contributed by atoms with van der Waals surface area (Å²) in [7, 11) is -3.81. The summed E-state index contributed by atoms with van der Waals surface area (Å²) >= 11 is -0.287. The molecule has 1 aromatic rings. The molecule has 1 saturated heterocycles.